The molecule has 18 heavy (non-hydrogen) atoms. The molecule has 2 amide bonds. The summed E-state index contributed by atoms with van der Waals surface area (Å²) in [5.41, 5.74) is 1.70. The number of anilines is 1. The molecule has 1 aliphatic rings. The van der Waals surface area contributed by atoms with Crippen molar-refractivity contribution in [1.82, 2.24) is 5.32 Å². The van der Waals surface area contributed by atoms with Crippen molar-refractivity contribution in [2.24, 2.45) is 0 Å². The Bertz CT molecular complexity index is 502. The minimum absolute atomic E-state index is 0.110. The van der Waals surface area contributed by atoms with Crippen LogP contribution in [-0.2, 0) is 9.59 Å². The molecule has 2 rings (SSSR count). The first kappa shape index (κ1) is 12.9. The van der Waals surface area contributed by atoms with Crippen molar-refractivity contribution in [2.75, 3.05) is 11.4 Å². The average Bonchev–Trinajstić information content (AvgIpc) is 2.41. The molecule has 96 valence electrons. The van der Waals surface area contributed by atoms with Crippen molar-refractivity contribution < 1.29 is 9.59 Å². The number of benzene rings is 1. The Balaban J connectivity index is 2.36. The number of nitrogens with one attached hydrogen (secondary N) is 1. The lowest BCUT2D eigenvalue weighted by Gasteiger charge is -2.23. The molecule has 1 atom stereocenters. The van der Waals surface area contributed by atoms with Crippen LogP contribution in [0.1, 0.15) is 18.9 Å². The predicted octanol–water partition coefficient (Wildman–Crippen LogP) is 1.89. The van der Waals surface area contributed by atoms with Crippen molar-refractivity contribution in [3.8, 4) is 0 Å². The van der Waals surface area contributed by atoms with Crippen LogP contribution in [0.2, 0.25) is 5.02 Å². The number of rotatable bonds is 1. The molecule has 1 fully saturated rings. The zero-order chi connectivity index (χ0) is 13.3. The summed E-state index contributed by atoms with van der Waals surface area (Å²) in [6.07, 6.45) is 0.292. The molecular weight excluding hydrogens is 252 g/mol. The smallest absolute Gasteiger partial charge is 0.249 e. The van der Waals surface area contributed by atoms with Gasteiger partial charge in [0.2, 0.25) is 11.8 Å². The summed E-state index contributed by atoms with van der Waals surface area (Å²) in [6.45, 7) is 3.98. The van der Waals surface area contributed by atoms with E-state index >= 15 is 0 Å². The van der Waals surface area contributed by atoms with Crippen LogP contribution in [0.4, 0.5) is 5.69 Å². The van der Waals surface area contributed by atoms with E-state index in [1.165, 1.54) is 0 Å². The highest BCUT2D eigenvalue weighted by Crippen LogP contribution is 2.28. The van der Waals surface area contributed by atoms with Gasteiger partial charge in [-0.2, -0.15) is 0 Å². The molecule has 4 nitrogen and oxygen atoms in total. The maximum Gasteiger partial charge on any atom is 0.249 e. The van der Waals surface area contributed by atoms with Crippen LogP contribution >= 0.6 is 11.6 Å². The van der Waals surface area contributed by atoms with Crippen LogP contribution in [0.25, 0.3) is 0 Å². The van der Waals surface area contributed by atoms with Crippen molar-refractivity contribution in [3.63, 3.8) is 0 Å². The Labute approximate surface area is 111 Å². The summed E-state index contributed by atoms with van der Waals surface area (Å²) in [7, 11) is 0. The minimum atomic E-state index is -0.516. The minimum Gasteiger partial charge on any atom is -0.345 e. The summed E-state index contributed by atoms with van der Waals surface area (Å²) in [5.74, 6) is -0.242. The summed E-state index contributed by atoms with van der Waals surface area (Å²) < 4.78 is 0. The Kier molecular flexibility index (Phi) is 3.57. The van der Waals surface area contributed by atoms with E-state index in [0.29, 0.717) is 23.7 Å². The molecule has 1 aliphatic heterocycles. The van der Waals surface area contributed by atoms with Crippen molar-refractivity contribution in [2.45, 2.75) is 26.3 Å². The van der Waals surface area contributed by atoms with Crippen molar-refractivity contribution in [3.05, 3.63) is 28.8 Å². The van der Waals surface area contributed by atoms with Gasteiger partial charge in [-0.1, -0.05) is 17.7 Å². The Morgan fingerprint density at radius 1 is 1.39 bits per heavy atom. The topological polar surface area (TPSA) is 49.4 Å². The quantitative estimate of drug-likeness (QED) is 0.844. The second kappa shape index (κ2) is 4.98. The normalized spacial score (nSPS) is 20.6. The predicted molar refractivity (Wildman–Crippen MR) is 70.8 cm³/mol. The Morgan fingerprint density at radius 3 is 2.78 bits per heavy atom. The number of aryl methyl sites for hydroxylation is 1. The molecule has 1 N–H and O–H groups in total. The lowest BCUT2D eigenvalue weighted by molar-refractivity contribution is -0.125. The van der Waals surface area contributed by atoms with Gasteiger partial charge in [0.1, 0.15) is 6.04 Å². The number of carbonyl (C=O) groups excluding carboxylic acids is 2. The maximum atomic E-state index is 12.2. The second-order valence-electron chi connectivity index (χ2n) is 4.48. The number of halogens is 1. The van der Waals surface area contributed by atoms with E-state index in [1.807, 2.05) is 25.1 Å². The monoisotopic (exact) mass is 266 g/mol. The maximum absolute atomic E-state index is 12.2. The number of hydrogen-bond acceptors (Lipinski definition) is 2. The molecule has 1 unspecified atom stereocenters. The van der Waals surface area contributed by atoms with E-state index in [4.69, 9.17) is 11.6 Å². The molecular formula is C13H15ClN2O2. The number of amides is 2. The summed E-state index contributed by atoms with van der Waals surface area (Å²) in [4.78, 5) is 25.2. The van der Waals surface area contributed by atoms with Crippen LogP contribution in [0.3, 0.4) is 0 Å². The number of carbonyl (C=O) groups is 2. The third-order valence-electron chi connectivity index (χ3n) is 2.97. The van der Waals surface area contributed by atoms with Crippen LogP contribution in [0.5, 0.6) is 0 Å². The molecule has 1 saturated heterocycles. The highest BCUT2D eigenvalue weighted by atomic mass is 35.5. The van der Waals surface area contributed by atoms with Gasteiger partial charge >= 0.3 is 0 Å². The van der Waals surface area contributed by atoms with Crippen LogP contribution in [0, 0.1) is 6.92 Å². The first-order valence-electron chi connectivity index (χ1n) is 5.86. The first-order chi connectivity index (χ1) is 8.49. The fraction of sp³-hybridized carbons (Fsp3) is 0.385. The molecule has 5 heteroatoms. The van der Waals surface area contributed by atoms with Crippen molar-refractivity contribution >= 4 is 29.1 Å². The van der Waals surface area contributed by atoms with Crippen molar-refractivity contribution in [1.29, 1.82) is 0 Å². The Hall–Kier alpha value is -1.55. The van der Waals surface area contributed by atoms with E-state index in [-0.39, 0.29) is 11.8 Å². The lowest BCUT2D eigenvalue weighted by Crippen LogP contribution is -2.42. The van der Waals surface area contributed by atoms with Gasteiger partial charge in [-0.25, -0.2) is 0 Å². The molecule has 0 radical (unpaired) electrons. The molecule has 1 aromatic carbocycles. The summed E-state index contributed by atoms with van der Waals surface area (Å²) in [5, 5.41) is 3.18. The fourth-order valence-electron chi connectivity index (χ4n) is 2.00. The summed E-state index contributed by atoms with van der Waals surface area (Å²) >= 11 is 6.17. The van der Waals surface area contributed by atoms with E-state index in [2.05, 4.69) is 5.32 Å². The molecule has 0 spiro atoms. The van der Waals surface area contributed by atoms with Gasteiger partial charge in [0.25, 0.3) is 0 Å². The van der Waals surface area contributed by atoms with Gasteiger partial charge in [0, 0.05) is 13.0 Å². The molecule has 0 bridgehead atoms. The first-order valence-corrected chi connectivity index (χ1v) is 6.23. The van der Waals surface area contributed by atoms with Gasteiger partial charge in [-0.05, 0) is 31.5 Å². The van der Waals surface area contributed by atoms with Crippen LogP contribution < -0.4 is 10.2 Å². The van der Waals surface area contributed by atoms with Gasteiger partial charge < -0.3 is 10.2 Å². The number of nitrogens with zero attached hydrogens (tertiary/aromatic N) is 1. The molecule has 0 aliphatic carbocycles. The zero-order valence-electron chi connectivity index (χ0n) is 10.4. The van der Waals surface area contributed by atoms with Gasteiger partial charge in [-0.15, -0.1) is 0 Å². The lowest BCUT2D eigenvalue weighted by atomic mass is 10.2. The highest BCUT2D eigenvalue weighted by Gasteiger charge is 2.28. The third kappa shape index (κ3) is 2.48. The zero-order valence-corrected chi connectivity index (χ0v) is 11.1. The van der Waals surface area contributed by atoms with E-state index in [0.717, 1.165) is 5.56 Å². The van der Waals surface area contributed by atoms with Crippen LogP contribution in [-0.4, -0.2) is 24.4 Å². The number of hydrogen-bond donors (Lipinski definition) is 1. The largest absolute Gasteiger partial charge is 0.345 e. The molecule has 1 heterocycles. The van der Waals surface area contributed by atoms with Crippen LogP contribution in [0.15, 0.2) is 18.2 Å². The average molecular weight is 267 g/mol. The fourth-order valence-corrected chi connectivity index (χ4v) is 2.34. The molecule has 1 aromatic rings. The van der Waals surface area contributed by atoms with E-state index in [9.17, 15) is 9.59 Å². The molecule has 0 aromatic heterocycles. The molecule has 0 saturated carbocycles. The summed E-state index contributed by atoms with van der Waals surface area (Å²) in [6, 6.07) is 5.02. The standard InChI is InChI=1S/C13H15ClN2O2/c1-8-3-4-11(10(14)7-8)16-6-5-12(17)15-9(2)13(16)18/h3-4,7,9H,5-6H2,1-2H3,(H,15,17). The van der Waals surface area contributed by atoms with Gasteiger partial charge in [-0.3, -0.25) is 9.59 Å². The SMILES string of the molecule is Cc1ccc(N2CCC(=O)NC(C)C2=O)c(Cl)c1. The third-order valence-corrected chi connectivity index (χ3v) is 3.27. The van der Waals surface area contributed by atoms with E-state index < -0.39 is 6.04 Å². The van der Waals surface area contributed by atoms with E-state index in [1.54, 1.807) is 11.8 Å². The van der Waals surface area contributed by atoms with Gasteiger partial charge in [0.15, 0.2) is 0 Å². The van der Waals surface area contributed by atoms with Gasteiger partial charge in [0.05, 0.1) is 10.7 Å². The highest BCUT2D eigenvalue weighted by molar-refractivity contribution is 6.34. The second-order valence-corrected chi connectivity index (χ2v) is 4.89. The Morgan fingerprint density at radius 2 is 2.11 bits per heavy atom.